The number of anilines is 1. The molecule has 1 aliphatic carbocycles. The number of benzene rings is 1. The molecule has 0 atom stereocenters. The fraction of sp³-hybridized carbons (Fsp3) is 0.600. The van der Waals surface area contributed by atoms with Crippen molar-refractivity contribution in [2.45, 2.75) is 58.4 Å². The van der Waals surface area contributed by atoms with Crippen LogP contribution in [0.4, 0.5) is 10.5 Å². The predicted molar refractivity (Wildman–Crippen MR) is 107 cm³/mol. The minimum atomic E-state index is -0.264. The van der Waals surface area contributed by atoms with Gasteiger partial charge in [0.1, 0.15) is 0 Å². The van der Waals surface area contributed by atoms with Gasteiger partial charge in [-0.1, -0.05) is 44.7 Å². The summed E-state index contributed by atoms with van der Waals surface area (Å²) in [5.41, 5.74) is 1.06. The number of amides is 3. The quantitative estimate of drug-likeness (QED) is 0.737. The Morgan fingerprint density at radius 2 is 1.92 bits per heavy atom. The molecule has 1 aliphatic rings. The van der Waals surface area contributed by atoms with Crippen LogP contribution in [0.15, 0.2) is 18.2 Å². The van der Waals surface area contributed by atoms with Crippen molar-refractivity contribution in [2.75, 3.05) is 18.9 Å². The van der Waals surface area contributed by atoms with Crippen molar-refractivity contribution < 1.29 is 9.59 Å². The highest BCUT2D eigenvalue weighted by molar-refractivity contribution is 6.34. The van der Waals surface area contributed by atoms with E-state index in [0.717, 1.165) is 19.3 Å². The standard InChI is InChI=1S/C20H30ClN3O2/c1-14(2)11-12-22-20(26)23-15-9-10-17(18(21)13-15)19(25)24(3)16-7-5-4-6-8-16/h9-10,13-14,16H,4-8,11-12H2,1-3H3,(H2,22,23,26). The normalized spacial score (nSPS) is 15.0. The number of hydrogen-bond donors (Lipinski definition) is 2. The molecule has 2 rings (SSSR count). The molecule has 1 saturated carbocycles. The molecule has 1 fully saturated rings. The molecule has 0 radical (unpaired) electrons. The molecule has 0 aliphatic heterocycles. The first-order valence-electron chi connectivity index (χ1n) is 9.50. The molecule has 1 aromatic rings. The number of carbonyl (C=O) groups is 2. The maximum Gasteiger partial charge on any atom is 0.319 e. The number of carbonyl (C=O) groups excluding carboxylic acids is 2. The van der Waals surface area contributed by atoms with Crippen LogP contribution < -0.4 is 10.6 Å². The number of nitrogens with zero attached hydrogens (tertiary/aromatic N) is 1. The second-order valence-corrected chi connectivity index (χ2v) is 7.87. The van der Waals surface area contributed by atoms with E-state index in [0.29, 0.717) is 28.7 Å². The molecule has 1 aromatic carbocycles. The lowest BCUT2D eigenvalue weighted by Crippen LogP contribution is -2.38. The fourth-order valence-electron chi connectivity index (χ4n) is 3.24. The van der Waals surface area contributed by atoms with Crippen LogP contribution in [0.3, 0.4) is 0 Å². The molecule has 3 amide bonds. The first kappa shape index (κ1) is 20.6. The van der Waals surface area contributed by atoms with Gasteiger partial charge in [-0.25, -0.2) is 4.79 Å². The minimum absolute atomic E-state index is 0.0603. The van der Waals surface area contributed by atoms with E-state index in [1.54, 1.807) is 18.2 Å². The van der Waals surface area contributed by atoms with Crippen LogP contribution in [-0.2, 0) is 0 Å². The number of hydrogen-bond acceptors (Lipinski definition) is 2. The second-order valence-electron chi connectivity index (χ2n) is 7.47. The van der Waals surface area contributed by atoms with E-state index in [-0.39, 0.29) is 18.0 Å². The van der Waals surface area contributed by atoms with Crippen LogP contribution in [0.2, 0.25) is 5.02 Å². The zero-order valence-electron chi connectivity index (χ0n) is 16.0. The predicted octanol–water partition coefficient (Wildman–Crippen LogP) is 4.91. The Balaban J connectivity index is 1.95. The van der Waals surface area contributed by atoms with Crippen molar-refractivity contribution >= 4 is 29.2 Å². The van der Waals surface area contributed by atoms with E-state index in [1.807, 2.05) is 11.9 Å². The molecule has 0 saturated heterocycles. The monoisotopic (exact) mass is 379 g/mol. The second kappa shape index (κ2) is 9.81. The summed E-state index contributed by atoms with van der Waals surface area (Å²) < 4.78 is 0. The van der Waals surface area contributed by atoms with Gasteiger partial charge in [0.2, 0.25) is 0 Å². The Morgan fingerprint density at radius 1 is 1.23 bits per heavy atom. The van der Waals surface area contributed by atoms with Crippen LogP contribution in [0, 0.1) is 5.92 Å². The Kier molecular flexibility index (Phi) is 7.76. The van der Waals surface area contributed by atoms with Gasteiger partial charge in [-0.05, 0) is 43.4 Å². The molecular formula is C20H30ClN3O2. The van der Waals surface area contributed by atoms with Gasteiger partial charge in [-0.15, -0.1) is 0 Å². The van der Waals surface area contributed by atoms with Crippen molar-refractivity contribution in [3.8, 4) is 0 Å². The van der Waals surface area contributed by atoms with Crippen LogP contribution in [0.1, 0.15) is 62.7 Å². The number of urea groups is 1. The average Bonchev–Trinajstić information content (AvgIpc) is 2.61. The number of nitrogens with one attached hydrogen (secondary N) is 2. The van der Waals surface area contributed by atoms with E-state index in [4.69, 9.17) is 11.6 Å². The molecular weight excluding hydrogens is 350 g/mol. The molecule has 0 heterocycles. The van der Waals surface area contributed by atoms with Gasteiger partial charge in [0.25, 0.3) is 5.91 Å². The lowest BCUT2D eigenvalue weighted by atomic mass is 9.94. The molecule has 2 N–H and O–H groups in total. The molecule has 5 nitrogen and oxygen atoms in total. The first-order chi connectivity index (χ1) is 12.4. The molecule has 0 spiro atoms. The van der Waals surface area contributed by atoms with Gasteiger partial charge in [0, 0.05) is 25.3 Å². The van der Waals surface area contributed by atoms with Gasteiger partial charge < -0.3 is 15.5 Å². The topological polar surface area (TPSA) is 61.4 Å². The van der Waals surface area contributed by atoms with E-state index >= 15 is 0 Å². The number of halogens is 1. The molecule has 26 heavy (non-hydrogen) atoms. The summed E-state index contributed by atoms with van der Waals surface area (Å²) >= 11 is 6.32. The summed E-state index contributed by atoms with van der Waals surface area (Å²) in [6.45, 7) is 4.85. The molecule has 0 bridgehead atoms. The van der Waals surface area contributed by atoms with Crippen molar-refractivity contribution in [3.63, 3.8) is 0 Å². The summed E-state index contributed by atoms with van der Waals surface area (Å²) in [5.74, 6) is 0.478. The molecule has 6 heteroatoms. The van der Waals surface area contributed by atoms with Gasteiger partial charge in [-0.2, -0.15) is 0 Å². The SMILES string of the molecule is CC(C)CCNC(=O)Nc1ccc(C(=O)N(C)C2CCCCC2)c(Cl)c1. The third-order valence-corrected chi connectivity index (χ3v) is 5.22. The zero-order valence-corrected chi connectivity index (χ0v) is 16.7. The molecule has 144 valence electrons. The lowest BCUT2D eigenvalue weighted by molar-refractivity contribution is 0.0696. The summed E-state index contributed by atoms with van der Waals surface area (Å²) in [5, 5.41) is 5.93. The third kappa shape index (κ3) is 5.90. The summed E-state index contributed by atoms with van der Waals surface area (Å²) in [7, 11) is 1.85. The van der Waals surface area contributed by atoms with E-state index < -0.39 is 0 Å². The van der Waals surface area contributed by atoms with E-state index in [1.165, 1.54) is 19.3 Å². The Bertz CT molecular complexity index is 627. The maximum atomic E-state index is 12.7. The third-order valence-electron chi connectivity index (χ3n) is 4.91. The van der Waals surface area contributed by atoms with Crippen LogP contribution >= 0.6 is 11.6 Å². The van der Waals surface area contributed by atoms with Gasteiger partial charge >= 0.3 is 6.03 Å². The average molecular weight is 380 g/mol. The van der Waals surface area contributed by atoms with E-state index in [9.17, 15) is 9.59 Å². The molecule has 0 aromatic heterocycles. The summed E-state index contributed by atoms with van der Waals surface area (Å²) in [6, 6.07) is 5.06. The maximum absolute atomic E-state index is 12.7. The zero-order chi connectivity index (χ0) is 19.1. The van der Waals surface area contributed by atoms with Gasteiger partial charge in [-0.3, -0.25) is 4.79 Å². The van der Waals surface area contributed by atoms with Crippen molar-refractivity contribution in [2.24, 2.45) is 5.92 Å². The van der Waals surface area contributed by atoms with Gasteiger partial charge in [0.15, 0.2) is 0 Å². The Hall–Kier alpha value is -1.75. The highest BCUT2D eigenvalue weighted by atomic mass is 35.5. The van der Waals surface area contributed by atoms with Crippen LogP contribution in [0.25, 0.3) is 0 Å². The minimum Gasteiger partial charge on any atom is -0.339 e. The summed E-state index contributed by atoms with van der Waals surface area (Å²) in [4.78, 5) is 26.5. The highest BCUT2D eigenvalue weighted by Gasteiger charge is 2.24. The van der Waals surface area contributed by atoms with Gasteiger partial charge in [0.05, 0.1) is 10.6 Å². The van der Waals surface area contributed by atoms with Crippen LogP contribution in [-0.4, -0.2) is 36.5 Å². The van der Waals surface area contributed by atoms with E-state index in [2.05, 4.69) is 24.5 Å². The first-order valence-corrected chi connectivity index (χ1v) is 9.88. The summed E-state index contributed by atoms with van der Waals surface area (Å²) in [6.07, 6.45) is 6.62. The molecule has 0 unspecified atom stereocenters. The largest absolute Gasteiger partial charge is 0.339 e. The number of rotatable bonds is 6. The highest BCUT2D eigenvalue weighted by Crippen LogP contribution is 2.26. The van der Waals surface area contributed by atoms with Crippen molar-refractivity contribution in [3.05, 3.63) is 28.8 Å². The van der Waals surface area contributed by atoms with Crippen molar-refractivity contribution in [1.29, 1.82) is 0 Å². The van der Waals surface area contributed by atoms with Crippen molar-refractivity contribution in [1.82, 2.24) is 10.2 Å². The smallest absolute Gasteiger partial charge is 0.319 e. The fourth-order valence-corrected chi connectivity index (χ4v) is 3.50. The Morgan fingerprint density at radius 3 is 2.54 bits per heavy atom. The lowest BCUT2D eigenvalue weighted by Gasteiger charge is -2.31. The van der Waals surface area contributed by atoms with Crippen LogP contribution in [0.5, 0.6) is 0 Å². The Labute approximate surface area is 161 Å².